The molecule has 0 saturated carbocycles. The quantitative estimate of drug-likeness (QED) is 0.475. The van der Waals surface area contributed by atoms with Crippen molar-refractivity contribution in [3.63, 3.8) is 0 Å². The van der Waals surface area contributed by atoms with Crippen LogP contribution in [0.1, 0.15) is 21.6 Å². The zero-order chi connectivity index (χ0) is 22.9. The number of hydrogen-bond donors (Lipinski definition) is 1. The Kier molecular flexibility index (Phi) is 5.66. The number of pyridine rings is 1. The number of alkyl halides is 3. The third kappa shape index (κ3) is 4.19. The number of aromatic nitrogens is 4. The predicted molar refractivity (Wildman–Crippen MR) is 109 cm³/mol. The van der Waals surface area contributed by atoms with Crippen molar-refractivity contribution in [2.24, 2.45) is 0 Å². The molecule has 0 aliphatic carbocycles. The molecule has 11 heteroatoms. The van der Waals surface area contributed by atoms with Gasteiger partial charge in [0.1, 0.15) is 0 Å². The van der Waals surface area contributed by atoms with Crippen molar-refractivity contribution < 1.29 is 27.2 Å². The van der Waals surface area contributed by atoms with Crippen molar-refractivity contribution >= 4 is 22.7 Å². The Labute approximate surface area is 180 Å². The van der Waals surface area contributed by atoms with Gasteiger partial charge in [-0.15, -0.1) is 0 Å². The SMILES string of the molecule is COCCn1cc(NC(=O)c2cc(-c3ccccc3C(F)(F)F)nc3onc(C)c23)cn1. The molecule has 1 amide bonds. The van der Waals surface area contributed by atoms with Gasteiger partial charge in [-0.1, -0.05) is 23.4 Å². The lowest BCUT2D eigenvalue weighted by Crippen LogP contribution is -2.13. The predicted octanol–water partition coefficient (Wildman–Crippen LogP) is 4.31. The molecule has 0 bridgehead atoms. The number of hydrogen-bond acceptors (Lipinski definition) is 6. The van der Waals surface area contributed by atoms with Crippen LogP contribution in [0, 0.1) is 6.92 Å². The number of methoxy groups -OCH3 is 1. The monoisotopic (exact) mass is 445 g/mol. The molecule has 0 unspecified atom stereocenters. The van der Waals surface area contributed by atoms with Crippen LogP contribution >= 0.6 is 0 Å². The van der Waals surface area contributed by atoms with E-state index in [1.54, 1.807) is 24.9 Å². The fourth-order valence-corrected chi connectivity index (χ4v) is 3.30. The number of benzene rings is 1. The molecule has 3 aromatic heterocycles. The van der Waals surface area contributed by atoms with Crippen LogP contribution in [0.3, 0.4) is 0 Å². The molecule has 8 nitrogen and oxygen atoms in total. The largest absolute Gasteiger partial charge is 0.417 e. The van der Waals surface area contributed by atoms with Crippen molar-refractivity contribution in [3.8, 4) is 11.3 Å². The minimum Gasteiger partial charge on any atom is -0.383 e. The molecule has 3 heterocycles. The minimum atomic E-state index is -4.59. The van der Waals surface area contributed by atoms with Gasteiger partial charge in [0.25, 0.3) is 11.6 Å². The summed E-state index contributed by atoms with van der Waals surface area (Å²) in [5, 5.41) is 11.0. The number of carbonyl (C=O) groups excluding carboxylic acids is 1. The van der Waals surface area contributed by atoms with Crippen LogP contribution in [0.15, 0.2) is 47.2 Å². The second-order valence-electron chi connectivity index (χ2n) is 6.99. The van der Waals surface area contributed by atoms with Gasteiger partial charge in [-0.3, -0.25) is 9.48 Å². The highest BCUT2D eigenvalue weighted by Crippen LogP contribution is 2.37. The maximum Gasteiger partial charge on any atom is 0.417 e. The summed E-state index contributed by atoms with van der Waals surface area (Å²) >= 11 is 0. The van der Waals surface area contributed by atoms with E-state index < -0.39 is 17.6 Å². The van der Waals surface area contributed by atoms with Crippen molar-refractivity contribution in [1.29, 1.82) is 0 Å². The molecule has 4 rings (SSSR count). The molecule has 0 aliphatic heterocycles. The Morgan fingerprint density at radius 2 is 2.06 bits per heavy atom. The Balaban J connectivity index is 1.76. The summed E-state index contributed by atoms with van der Waals surface area (Å²) in [6.07, 6.45) is -1.51. The molecule has 0 aliphatic rings. The molecule has 0 spiro atoms. The Hall–Kier alpha value is -3.73. The van der Waals surface area contributed by atoms with E-state index in [4.69, 9.17) is 9.26 Å². The maximum absolute atomic E-state index is 13.5. The molecule has 0 atom stereocenters. The van der Waals surface area contributed by atoms with E-state index in [2.05, 4.69) is 20.6 Å². The molecule has 0 saturated heterocycles. The fourth-order valence-electron chi connectivity index (χ4n) is 3.30. The first-order valence-electron chi connectivity index (χ1n) is 9.54. The normalized spacial score (nSPS) is 11.8. The molecule has 1 N–H and O–H groups in total. The van der Waals surface area contributed by atoms with Crippen molar-refractivity contribution in [2.75, 3.05) is 19.0 Å². The third-order valence-corrected chi connectivity index (χ3v) is 4.79. The molecule has 32 heavy (non-hydrogen) atoms. The summed E-state index contributed by atoms with van der Waals surface area (Å²) in [5.41, 5.74) is -0.219. The van der Waals surface area contributed by atoms with E-state index >= 15 is 0 Å². The molecule has 166 valence electrons. The summed E-state index contributed by atoms with van der Waals surface area (Å²) in [5.74, 6) is -0.555. The smallest absolute Gasteiger partial charge is 0.383 e. The van der Waals surface area contributed by atoms with Crippen LogP contribution in [0.25, 0.3) is 22.4 Å². The number of carbonyl (C=O) groups is 1. The van der Waals surface area contributed by atoms with Gasteiger partial charge in [0, 0.05) is 18.9 Å². The van der Waals surface area contributed by atoms with Gasteiger partial charge in [-0.25, -0.2) is 4.98 Å². The molecule has 0 radical (unpaired) electrons. The van der Waals surface area contributed by atoms with Gasteiger partial charge in [0.15, 0.2) is 0 Å². The van der Waals surface area contributed by atoms with Gasteiger partial charge in [0.2, 0.25) is 0 Å². The average molecular weight is 445 g/mol. The van der Waals surface area contributed by atoms with E-state index in [1.807, 2.05) is 0 Å². The Bertz CT molecular complexity index is 1280. The zero-order valence-electron chi connectivity index (χ0n) is 17.1. The Morgan fingerprint density at radius 3 is 2.81 bits per heavy atom. The lowest BCUT2D eigenvalue weighted by atomic mass is 10.0. The van der Waals surface area contributed by atoms with Crippen LogP contribution in [0.5, 0.6) is 0 Å². The Morgan fingerprint density at radius 1 is 1.28 bits per heavy atom. The molecule has 1 aromatic carbocycles. The van der Waals surface area contributed by atoms with Crippen LogP contribution in [-0.4, -0.2) is 39.5 Å². The highest BCUT2D eigenvalue weighted by atomic mass is 19.4. The number of nitrogens with one attached hydrogen (secondary N) is 1. The molecule has 4 aromatic rings. The van der Waals surface area contributed by atoms with Crippen molar-refractivity contribution in [1.82, 2.24) is 19.9 Å². The highest BCUT2D eigenvalue weighted by Gasteiger charge is 2.34. The summed E-state index contributed by atoms with van der Waals surface area (Å²) < 4.78 is 52.3. The summed E-state index contributed by atoms with van der Waals surface area (Å²) in [6, 6.07) is 6.32. The first kappa shape index (κ1) is 21.5. The number of nitrogens with zero attached hydrogens (tertiary/aromatic N) is 4. The van der Waals surface area contributed by atoms with Crippen LogP contribution in [0.4, 0.5) is 18.9 Å². The second kappa shape index (κ2) is 8.42. The van der Waals surface area contributed by atoms with Gasteiger partial charge < -0.3 is 14.6 Å². The lowest BCUT2D eigenvalue weighted by molar-refractivity contribution is -0.137. The van der Waals surface area contributed by atoms with Crippen LogP contribution < -0.4 is 5.32 Å². The zero-order valence-corrected chi connectivity index (χ0v) is 17.1. The number of halogens is 3. The van der Waals surface area contributed by atoms with Gasteiger partial charge >= 0.3 is 6.18 Å². The average Bonchev–Trinajstić information content (AvgIpc) is 3.37. The van der Waals surface area contributed by atoms with E-state index in [0.29, 0.717) is 29.9 Å². The number of amides is 1. The number of ether oxygens (including phenoxy) is 1. The van der Waals surface area contributed by atoms with Crippen LogP contribution in [0.2, 0.25) is 0 Å². The van der Waals surface area contributed by atoms with Crippen molar-refractivity contribution in [3.05, 3.63) is 59.5 Å². The molecule has 0 fully saturated rings. The number of fused-ring (bicyclic) bond motifs is 1. The highest BCUT2D eigenvalue weighted by molar-refractivity contribution is 6.13. The first-order chi connectivity index (χ1) is 15.3. The topological polar surface area (TPSA) is 95.1 Å². The maximum atomic E-state index is 13.5. The molecular formula is C21H18F3N5O3. The van der Waals surface area contributed by atoms with Gasteiger partial charge in [-0.05, 0) is 19.1 Å². The number of anilines is 1. The summed E-state index contributed by atoms with van der Waals surface area (Å²) in [7, 11) is 1.57. The lowest BCUT2D eigenvalue weighted by Gasteiger charge is -2.13. The van der Waals surface area contributed by atoms with Crippen molar-refractivity contribution in [2.45, 2.75) is 19.6 Å². The summed E-state index contributed by atoms with van der Waals surface area (Å²) in [6.45, 7) is 2.56. The molecular weight excluding hydrogens is 427 g/mol. The van der Waals surface area contributed by atoms with E-state index in [-0.39, 0.29) is 22.5 Å². The first-order valence-corrected chi connectivity index (χ1v) is 9.54. The minimum absolute atomic E-state index is 0.0297. The van der Waals surface area contributed by atoms with E-state index in [1.165, 1.54) is 30.5 Å². The van der Waals surface area contributed by atoms with Gasteiger partial charge in [-0.2, -0.15) is 18.3 Å². The standard InChI is InChI=1S/C21H18F3N5O3/c1-12-18-15(19(30)26-13-10-25-29(11-13)7-8-31-2)9-17(27-20(18)32-28-12)14-5-3-4-6-16(14)21(22,23)24/h3-6,9-11H,7-8H2,1-2H3,(H,26,30). The summed E-state index contributed by atoms with van der Waals surface area (Å²) in [4.78, 5) is 17.3. The van der Waals surface area contributed by atoms with Gasteiger partial charge in [0.05, 0.1) is 52.9 Å². The van der Waals surface area contributed by atoms with E-state index in [9.17, 15) is 18.0 Å². The number of rotatable bonds is 6. The fraction of sp³-hybridized carbons (Fsp3) is 0.238. The van der Waals surface area contributed by atoms with E-state index in [0.717, 1.165) is 6.07 Å². The van der Waals surface area contributed by atoms with Crippen LogP contribution in [-0.2, 0) is 17.5 Å². The third-order valence-electron chi connectivity index (χ3n) is 4.79. The second-order valence-corrected chi connectivity index (χ2v) is 6.99. The number of aryl methyl sites for hydroxylation is 1.